The highest BCUT2D eigenvalue weighted by Crippen LogP contribution is 2.29. The summed E-state index contributed by atoms with van der Waals surface area (Å²) in [5.41, 5.74) is 1.80. The molecule has 0 fully saturated rings. The van der Waals surface area contributed by atoms with E-state index in [0.717, 1.165) is 17.0 Å². The monoisotopic (exact) mass is 509 g/mol. The minimum absolute atomic E-state index is 0.00414. The van der Waals surface area contributed by atoms with E-state index in [-0.39, 0.29) is 27.9 Å². The third-order valence-electron chi connectivity index (χ3n) is 4.78. The molecule has 4 aromatic rings. The molecule has 0 aliphatic rings. The lowest BCUT2D eigenvalue weighted by Crippen LogP contribution is -2.15. The van der Waals surface area contributed by atoms with E-state index in [1.54, 1.807) is 12.4 Å². The number of aromatic carboxylic acids is 1. The predicted octanol–water partition coefficient (Wildman–Crippen LogP) is 4.81. The summed E-state index contributed by atoms with van der Waals surface area (Å²) in [5, 5.41) is 21.2. The number of aromatic nitrogens is 4. The normalized spacial score (nSPS) is 10.7. The van der Waals surface area contributed by atoms with Gasteiger partial charge in [0.2, 0.25) is 5.91 Å². The molecule has 35 heavy (non-hydrogen) atoms. The Labute approximate surface area is 210 Å². The molecule has 2 N–H and O–H groups in total. The number of halogens is 1. The summed E-state index contributed by atoms with van der Waals surface area (Å²) in [4.78, 5) is 28.0. The number of benzene rings is 2. The molecule has 0 aliphatic carbocycles. The van der Waals surface area contributed by atoms with E-state index in [2.05, 4.69) is 20.5 Å². The smallest absolute Gasteiger partial charge is 0.335 e. The van der Waals surface area contributed by atoms with Gasteiger partial charge in [-0.25, -0.2) is 4.79 Å². The molecule has 0 aliphatic heterocycles. The highest BCUT2D eigenvalue weighted by Gasteiger charge is 2.18. The summed E-state index contributed by atoms with van der Waals surface area (Å²) in [6, 6.07) is 15.3. The minimum Gasteiger partial charge on any atom is -0.494 e. The molecule has 9 nitrogen and oxygen atoms in total. The van der Waals surface area contributed by atoms with Crippen LogP contribution in [0.15, 0.2) is 72.1 Å². The number of ether oxygens (including phenoxy) is 1. The van der Waals surface area contributed by atoms with Gasteiger partial charge in [-0.15, -0.1) is 10.2 Å². The van der Waals surface area contributed by atoms with Gasteiger partial charge in [0.05, 0.1) is 28.6 Å². The topological polar surface area (TPSA) is 119 Å². The molecule has 0 radical (unpaired) electrons. The van der Waals surface area contributed by atoms with E-state index in [9.17, 15) is 14.7 Å². The van der Waals surface area contributed by atoms with Crippen LogP contribution in [0.4, 0.5) is 5.69 Å². The van der Waals surface area contributed by atoms with Gasteiger partial charge in [-0.05, 0) is 61.5 Å². The van der Waals surface area contributed by atoms with Crippen LogP contribution in [0.5, 0.6) is 5.75 Å². The summed E-state index contributed by atoms with van der Waals surface area (Å²) in [5.74, 6) is -0.180. The van der Waals surface area contributed by atoms with Gasteiger partial charge in [0, 0.05) is 23.6 Å². The standard InChI is InChI=1S/C24H20ClN5O4S/c1-2-34-18-8-6-17(7-9-18)30-22(16-4-3-11-26-13-16)28-29-24(30)35-14-21(31)27-20-12-15(23(32)33)5-10-19(20)25/h3-13H,2,14H2,1H3,(H,27,31)(H,32,33). The molecule has 1 amide bonds. The van der Waals surface area contributed by atoms with Crippen molar-refractivity contribution in [2.75, 3.05) is 17.7 Å². The molecule has 0 spiro atoms. The number of pyridine rings is 1. The van der Waals surface area contributed by atoms with Crippen LogP contribution in [-0.2, 0) is 4.79 Å². The number of nitrogens with one attached hydrogen (secondary N) is 1. The van der Waals surface area contributed by atoms with Crippen LogP contribution in [0.25, 0.3) is 17.1 Å². The van der Waals surface area contributed by atoms with Gasteiger partial charge in [-0.1, -0.05) is 23.4 Å². The Balaban J connectivity index is 1.58. The van der Waals surface area contributed by atoms with Crippen LogP contribution in [0.3, 0.4) is 0 Å². The Morgan fingerprint density at radius 2 is 1.94 bits per heavy atom. The minimum atomic E-state index is -1.11. The summed E-state index contributed by atoms with van der Waals surface area (Å²) in [6.07, 6.45) is 3.36. The first-order valence-electron chi connectivity index (χ1n) is 10.5. The second-order valence-electron chi connectivity index (χ2n) is 7.15. The van der Waals surface area contributed by atoms with E-state index in [0.29, 0.717) is 17.6 Å². The lowest BCUT2D eigenvalue weighted by molar-refractivity contribution is -0.113. The van der Waals surface area contributed by atoms with Crippen LogP contribution < -0.4 is 10.1 Å². The first kappa shape index (κ1) is 24.2. The van der Waals surface area contributed by atoms with Crippen LogP contribution in [0.1, 0.15) is 17.3 Å². The van der Waals surface area contributed by atoms with Gasteiger partial charge >= 0.3 is 5.97 Å². The number of carboxylic acid groups (broad SMARTS) is 1. The number of hydrogen-bond acceptors (Lipinski definition) is 7. The fourth-order valence-electron chi connectivity index (χ4n) is 3.21. The molecule has 11 heteroatoms. The summed E-state index contributed by atoms with van der Waals surface area (Å²) in [6.45, 7) is 2.47. The Bertz CT molecular complexity index is 1350. The fraction of sp³-hybridized carbons (Fsp3) is 0.125. The van der Waals surface area contributed by atoms with Gasteiger partial charge in [-0.2, -0.15) is 0 Å². The Morgan fingerprint density at radius 3 is 2.63 bits per heavy atom. The van der Waals surface area contributed by atoms with E-state index < -0.39 is 5.97 Å². The summed E-state index contributed by atoms with van der Waals surface area (Å²) in [7, 11) is 0. The molecule has 2 aromatic carbocycles. The van der Waals surface area contributed by atoms with Crippen molar-refractivity contribution in [2.45, 2.75) is 12.1 Å². The van der Waals surface area contributed by atoms with E-state index in [4.69, 9.17) is 16.3 Å². The zero-order valence-electron chi connectivity index (χ0n) is 18.5. The summed E-state index contributed by atoms with van der Waals surface area (Å²) >= 11 is 7.30. The Kier molecular flexibility index (Phi) is 7.64. The quantitative estimate of drug-likeness (QED) is 0.308. The van der Waals surface area contributed by atoms with Crippen LogP contribution in [0, 0.1) is 0 Å². The second kappa shape index (κ2) is 11.0. The number of anilines is 1. The van der Waals surface area contributed by atoms with E-state index in [1.807, 2.05) is 47.9 Å². The van der Waals surface area contributed by atoms with Crippen molar-refractivity contribution < 1.29 is 19.4 Å². The maximum atomic E-state index is 12.6. The third kappa shape index (κ3) is 5.79. The van der Waals surface area contributed by atoms with E-state index in [1.165, 1.54) is 30.0 Å². The number of nitrogens with zero attached hydrogens (tertiary/aromatic N) is 4. The largest absolute Gasteiger partial charge is 0.494 e. The molecule has 4 rings (SSSR count). The van der Waals surface area contributed by atoms with E-state index >= 15 is 0 Å². The molecule has 0 unspecified atom stereocenters. The van der Waals surface area contributed by atoms with Crippen molar-refractivity contribution in [3.8, 4) is 22.8 Å². The zero-order chi connectivity index (χ0) is 24.8. The number of thioether (sulfide) groups is 1. The molecule has 2 heterocycles. The van der Waals surface area contributed by atoms with Crippen molar-refractivity contribution >= 4 is 40.9 Å². The lowest BCUT2D eigenvalue weighted by atomic mass is 10.2. The fourth-order valence-corrected chi connectivity index (χ4v) is 4.12. The molecule has 0 saturated heterocycles. The van der Waals surface area contributed by atoms with Gasteiger partial charge < -0.3 is 15.2 Å². The van der Waals surface area contributed by atoms with Crippen LogP contribution in [0.2, 0.25) is 5.02 Å². The van der Waals surface area contributed by atoms with Crippen molar-refractivity contribution in [3.05, 3.63) is 77.6 Å². The number of carbonyl (C=O) groups excluding carboxylic acids is 1. The number of carbonyl (C=O) groups is 2. The van der Waals surface area contributed by atoms with Crippen LogP contribution >= 0.6 is 23.4 Å². The van der Waals surface area contributed by atoms with Gasteiger partial charge in [-0.3, -0.25) is 14.3 Å². The maximum absolute atomic E-state index is 12.6. The average molecular weight is 510 g/mol. The summed E-state index contributed by atoms with van der Waals surface area (Å²) < 4.78 is 7.37. The highest BCUT2D eigenvalue weighted by molar-refractivity contribution is 7.99. The molecular formula is C24H20ClN5O4S. The molecular weight excluding hydrogens is 490 g/mol. The first-order valence-corrected chi connectivity index (χ1v) is 11.9. The van der Waals surface area contributed by atoms with Gasteiger partial charge in [0.25, 0.3) is 0 Å². The van der Waals surface area contributed by atoms with Crippen molar-refractivity contribution in [1.29, 1.82) is 0 Å². The molecule has 0 bridgehead atoms. The van der Waals surface area contributed by atoms with Crippen LogP contribution in [-0.4, -0.2) is 49.1 Å². The van der Waals surface area contributed by atoms with Gasteiger partial charge in [0.1, 0.15) is 5.75 Å². The molecule has 0 atom stereocenters. The number of carboxylic acids is 1. The maximum Gasteiger partial charge on any atom is 0.335 e. The molecule has 178 valence electrons. The second-order valence-corrected chi connectivity index (χ2v) is 8.50. The number of amides is 1. The Morgan fingerprint density at radius 1 is 1.14 bits per heavy atom. The first-order chi connectivity index (χ1) is 17.0. The number of hydrogen-bond donors (Lipinski definition) is 2. The molecule has 2 aromatic heterocycles. The zero-order valence-corrected chi connectivity index (χ0v) is 20.1. The lowest BCUT2D eigenvalue weighted by Gasteiger charge is -2.12. The van der Waals surface area contributed by atoms with Crippen molar-refractivity contribution in [1.82, 2.24) is 19.7 Å². The van der Waals surface area contributed by atoms with Crippen molar-refractivity contribution in [3.63, 3.8) is 0 Å². The SMILES string of the molecule is CCOc1ccc(-n2c(SCC(=O)Nc3cc(C(=O)O)ccc3Cl)nnc2-c2cccnc2)cc1. The third-order valence-corrected chi connectivity index (χ3v) is 6.04. The van der Waals surface area contributed by atoms with Gasteiger partial charge in [0.15, 0.2) is 11.0 Å². The Hall–Kier alpha value is -3.89. The van der Waals surface area contributed by atoms with Crippen molar-refractivity contribution in [2.24, 2.45) is 0 Å². The molecule has 0 saturated carbocycles. The highest BCUT2D eigenvalue weighted by atomic mass is 35.5. The number of rotatable bonds is 9. The average Bonchev–Trinajstić information content (AvgIpc) is 3.29. The predicted molar refractivity (Wildman–Crippen MR) is 134 cm³/mol.